The highest BCUT2D eigenvalue weighted by Crippen LogP contribution is 2.03. The van der Waals surface area contributed by atoms with E-state index in [0.717, 1.165) is 58.6 Å². The maximum Gasteiger partial charge on any atom is 0.407 e. The van der Waals surface area contributed by atoms with Gasteiger partial charge in [0, 0.05) is 44.8 Å². The summed E-state index contributed by atoms with van der Waals surface area (Å²) in [5.41, 5.74) is -1.63. The van der Waals surface area contributed by atoms with Crippen LogP contribution in [0, 0.1) is 0 Å². The highest BCUT2D eigenvalue weighted by molar-refractivity contribution is 5.86. The number of carbonyl (C=O) groups excluding carboxylic acids is 4. The lowest BCUT2D eigenvalue weighted by atomic mass is 10.2. The van der Waals surface area contributed by atoms with Gasteiger partial charge in [-0.25, -0.2) is 47.3 Å². The zero-order chi connectivity index (χ0) is 37.9. The van der Waals surface area contributed by atoms with Crippen molar-refractivity contribution in [1.82, 2.24) is 29.7 Å². The number of nitrogens with one attached hydrogen (secondary N) is 3. The van der Waals surface area contributed by atoms with Gasteiger partial charge in [-0.3, -0.25) is 0 Å². The first-order valence-corrected chi connectivity index (χ1v) is 18.0. The van der Waals surface area contributed by atoms with E-state index in [0.29, 0.717) is 65.0 Å². The van der Waals surface area contributed by atoms with Gasteiger partial charge in [-0.2, -0.15) is 0 Å². The molecule has 1 rings (SSSR count). The van der Waals surface area contributed by atoms with Crippen LogP contribution in [0.4, 0.5) is 14.4 Å². The summed E-state index contributed by atoms with van der Waals surface area (Å²) in [5.74, 6) is -0.554. The van der Waals surface area contributed by atoms with Crippen molar-refractivity contribution in [2.45, 2.75) is 117 Å². The number of amides is 3. The molecule has 0 aliphatic carbocycles. The van der Waals surface area contributed by atoms with Gasteiger partial charge < -0.3 is 34.9 Å². The molecule has 3 N–H and O–H groups in total. The normalized spacial score (nSPS) is 10.6. The Balaban J connectivity index is 2.68. The van der Waals surface area contributed by atoms with E-state index < -0.39 is 41.3 Å². The Bertz CT molecular complexity index is 1330. The molecule has 1 aromatic rings. The summed E-state index contributed by atoms with van der Waals surface area (Å²) in [5, 5.41) is 7.94. The lowest BCUT2D eigenvalue weighted by Crippen LogP contribution is -2.54. The molecule has 17 nitrogen and oxygen atoms in total. The van der Waals surface area contributed by atoms with Crippen LogP contribution >= 0.6 is 0 Å². The molecule has 0 bridgehead atoms. The summed E-state index contributed by atoms with van der Waals surface area (Å²) in [4.78, 5) is 86.0. The van der Waals surface area contributed by atoms with Crippen molar-refractivity contribution in [2.75, 3.05) is 46.1 Å². The predicted molar refractivity (Wildman–Crippen MR) is 190 cm³/mol. The number of aromatic nitrogens is 3. The summed E-state index contributed by atoms with van der Waals surface area (Å²) in [6, 6.07) is 0. The van der Waals surface area contributed by atoms with Gasteiger partial charge >= 0.3 is 41.3 Å². The fourth-order valence-corrected chi connectivity index (χ4v) is 4.88. The maximum absolute atomic E-state index is 13.3. The number of ether oxygens (including phenoxy) is 4. The van der Waals surface area contributed by atoms with Gasteiger partial charge in [-0.05, 0) is 59.3 Å². The molecule has 1 heterocycles. The fraction of sp³-hybridized carbons (Fsp3) is 0.735. The van der Waals surface area contributed by atoms with E-state index >= 15 is 0 Å². The Kier molecular flexibility index (Phi) is 23.7. The van der Waals surface area contributed by atoms with Gasteiger partial charge in [0.05, 0.1) is 13.2 Å². The number of nitrogens with zero attached hydrogens (tertiary/aromatic N) is 3. The van der Waals surface area contributed by atoms with Crippen molar-refractivity contribution in [2.24, 2.45) is 0 Å². The average molecular weight is 727 g/mol. The number of rotatable bonds is 27. The van der Waals surface area contributed by atoms with E-state index in [1.165, 1.54) is 6.92 Å². The Morgan fingerprint density at radius 3 is 1.16 bits per heavy atom. The molecule has 0 aliphatic rings. The molecule has 0 spiro atoms. The summed E-state index contributed by atoms with van der Waals surface area (Å²) in [7, 11) is 0. The zero-order valence-electron chi connectivity index (χ0n) is 30.6. The minimum Gasteiger partial charge on any atom is -0.459 e. The zero-order valence-corrected chi connectivity index (χ0v) is 30.6. The Morgan fingerprint density at radius 1 is 0.510 bits per heavy atom. The van der Waals surface area contributed by atoms with E-state index in [4.69, 9.17) is 18.9 Å². The summed E-state index contributed by atoms with van der Waals surface area (Å²) in [6.07, 6.45) is 6.54. The molecule has 1 aromatic heterocycles. The number of alkyl carbamates (subject to hydrolysis) is 3. The van der Waals surface area contributed by atoms with Crippen LogP contribution in [0.2, 0.25) is 0 Å². The monoisotopic (exact) mass is 726 g/mol. The van der Waals surface area contributed by atoms with Crippen LogP contribution in [0.1, 0.15) is 97.8 Å². The van der Waals surface area contributed by atoms with Crippen LogP contribution < -0.4 is 33.0 Å². The smallest absolute Gasteiger partial charge is 0.407 e. The number of hydrogen-bond donors (Lipinski definition) is 3. The first-order chi connectivity index (χ1) is 24.5. The molecule has 290 valence electrons. The standard InChI is InChI=1S/C34H58N6O11/c1-5-48-29(42)35-19-13-7-10-16-22-38-32(45)39(23-17-11-8-14-20-36-30(43)49-6-2)34(47)40(33(38)46)24-18-12-9-15-21-37-31(44)51-26-25-50-28(41)27(3)4/h3,5-26H2,1-2,4H3,(H,35,42)(H,36,43)(H,37,44). The summed E-state index contributed by atoms with van der Waals surface area (Å²) >= 11 is 0. The van der Waals surface area contributed by atoms with E-state index in [2.05, 4.69) is 22.5 Å². The van der Waals surface area contributed by atoms with Crippen molar-refractivity contribution < 1.29 is 38.1 Å². The first-order valence-electron chi connectivity index (χ1n) is 18.0. The number of hydrogen-bond acceptors (Lipinski definition) is 11. The fourth-order valence-electron chi connectivity index (χ4n) is 4.88. The first kappa shape index (κ1) is 44.5. The molecule has 3 amide bonds. The molecule has 51 heavy (non-hydrogen) atoms. The molecule has 0 unspecified atom stereocenters. The lowest BCUT2D eigenvalue weighted by Gasteiger charge is -2.14. The molecular formula is C34H58N6O11. The third-order valence-electron chi connectivity index (χ3n) is 7.57. The van der Waals surface area contributed by atoms with E-state index in [1.54, 1.807) is 13.8 Å². The highest BCUT2D eigenvalue weighted by atomic mass is 16.6. The Labute approximate surface area is 299 Å². The molecular weight excluding hydrogens is 668 g/mol. The number of esters is 1. The minimum absolute atomic E-state index is 0.0694. The molecule has 0 radical (unpaired) electrons. The second kappa shape index (κ2) is 27.2. The summed E-state index contributed by atoms with van der Waals surface area (Å²) in [6.45, 7) is 10.7. The molecule has 17 heteroatoms. The molecule has 0 aliphatic heterocycles. The van der Waals surface area contributed by atoms with E-state index in [-0.39, 0.29) is 38.4 Å². The van der Waals surface area contributed by atoms with Gasteiger partial charge in [0.2, 0.25) is 0 Å². The van der Waals surface area contributed by atoms with Crippen molar-refractivity contribution in [3.05, 3.63) is 43.6 Å². The topological polar surface area (TPSA) is 207 Å². The van der Waals surface area contributed by atoms with Crippen LogP contribution in [-0.2, 0) is 43.4 Å². The molecule has 0 saturated carbocycles. The number of carbonyl (C=O) groups is 4. The van der Waals surface area contributed by atoms with Crippen molar-refractivity contribution >= 4 is 24.2 Å². The third-order valence-corrected chi connectivity index (χ3v) is 7.57. The minimum atomic E-state index is -0.631. The average Bonchev–Trinajstić information content (AvgIpc) is 3.09. The lowest BCUT2D eigenvalue weighted by molar-refractivity contribution is -0.139. The largest absolute Gasteiger partial charge is 0.459 e. The predicted octanol–water partition coefficient (Wildman–Crippen LogP) is 3.19. The van der Waals surface area contributed by atoms with Crippen molar-refractivity contribution in [3.63, 3.8) is 0 Å². The van der Waals surface area contributed by atoms with Gasteiger partial charge in [0.15, 0.2) is 0 Å². The second-order valence-electron chi connectivity index (χ2n) is 11.8. The maximum atomic E-state index is 13.3. The van der Waals surface area contributed by atoms with E-state index in [1.807, 2.05) is 0 Å². The molecule has 0 aromatic carbocycles. The second-order valence-corrected chi connectivity index (χ2v) is 11.8. The van der Waals surface area contributed by atoms with Crippen LogP contribution in [0.25, 0.3) is 0 Å². The van der Waals surface area contributed by atoms with Crippen LogP contribution in [0.5, 0.6) is 0 Å². The molecule has 0 atom stereocenters. The number of unbranched alkanes of at least 4 members (excludes halogenated alkanes) is 9. The van der Waals surface area contributed by atoms with Crippen LogP contribution in [0.3, 0.4) is 0 Å². The van der Waals surface area contributed by atoms with Crippen LogP contribution in [-0.4, -0.2) is 84.0 Å². The van der Waals surface area contributed by atoms with Crippen LogP contribution in [0.15, 0.2) is 26.5 Å². The Morgan fingerprint density at radius 2 is 0.824 bits per heavy atom. The van der Waals surface area contributed by atoms with Gasteiger partial charge in [-0.15, -0.1) is 0 Å². The Hall–Kier alpha value is -4.57. The quantitative estimate of drug-likeness (QED) is 0.0519. The van der Waals surface area contributed by atoms with Gasteiger partial charge in [0.1, 0.15) is 13.2 Å². The molecule has 0 saturated heterocycles. The van der Waals surface area contributed by atoms with Crippen molar-refractivity contribution in [3.8, 4) is 0 Å². The third kappa shape index (κ3) is 19.4. The SMILES string of the molecule is C=C(C)C(=O)OCCOC(=O)NCCCCCCn1c(=O)n(CCCCCCNC(=O)OCC)c(=O)n(CCCCCCNC(=O)OCC)c1=O. The van der Waals surface area contributed by atoms with Gasteiger partial charge in [0.25, 0.3) is 0 Å². The summed E-state index contributed by atoms with van der Waals surface area (Å²) < 4.78 is 22.9. The van der Waals surface area contributed by atoms with Crippen molar-refractivity contribution in [1.29, 1.82) is 0 Å². The highest BCUT2D eigenvalue weighted by Gasteiger charge is 2.15. The molecule has 0 fully saturated rings. The van der Waals surface area contributed by atoms with Gasteiger partial charge in [-0.1, -0.05) is 45.1 Å². The van der Waals surface area contributed by atoms with E-state index in [9.17, 15) is 33.6 Å².